The first-order chi connectivity index (χ1) is 9.47. The van der Waals surface area contributed by atoms with Crippen LogP contribution in [0, 0.1) is 5.92 Å². The lowest BCUT2D eigenvalue weighted by atomic mass is 9.89. The van der Waals surface area contributed by atoms with Gasteiger partial charge in [-0.3, -0.25) is 5.73 Å². The fourth-order valence-electron chi connectivity index (χ4n) is 2.49. The predicted molar refractivity (Wildman–Crippen MR) is 80.1 cm³/mol. The van der Waals surface area contributed by atoms with Crippen LogP contribution in [0.2, 0.25) is 0 Å². The standard InChI is InChI=1S/C17H21NO2/c1-13(11-14-5-3-2-4-6-14)12-17(18,20)15-7-9-16(19)10-8-15/h2-10,13,19-20H,11-12,18H2,1H3/t13-,17-/m1/s1. The molecule has 0 bridgehead atoms. The largest absolute Gasteiger partial charge is 0.508 e. The summed E-state index contributed by atoms with van der Waals surface area (Å²) >= 11 is 0. The van der Waals surface area contributed by atoms with Gasteiger partial charge < -0.3 is 10.2 Å². The molecule has 3 nitrogen and oxygen atoms in total. The molecular formula is C17H21NO2. The second-order valence-electron chi connectivity index (χ2n) is 5.47. The highest BCUT2D eigenvalue weighted by Gasteiger charge is 2.26. The average Bonchev–Trinajstić information content (AvgIpc) is 2.39. The summed E-state index contributed by atoms with van der Waals surface area (Å²) in [5.74, 6) is 0.420. The lowest BCUT2D eigenvalue weighted by Crippen LogP contribution is -2.38. The summed E-state index contributed by atoms with van der Waals surface area (Å²) in [5, 5.41) is 19.7. The molecule has 4 N–H and O–H groups in total. The fourth-order valence-corrected chi connectivity index (χ4v) is 2.49. The third kappa shape index (κ3) is 3.83. The summed E-state index contributed by atoms with van der Waals surface area (Å²) in [4.78, 5) is 0. The quantitative estimate of drug-likeness (QED) is 0.733. The predicted octanol–water partition coefficient (Wildman–Crippen LogP) is 2.76. The van der Waals surface area contributed by atoms with Crippen molar-refractivity contribution < 1.29 is 10.2 Å². The Morgan fingerprint density at radius 1 is 1.05 bits per heavy atom. The molecule has 106 valence electrons. The Morgan fingerprint density at radius 3 is 2.25 bits per heavy atom. The molecule has 0 aliphatic heterocycles. The molecule has 0 heterocycles. The zero-order chi connectivity index (χ0) is 14.6. The number of aliphatic hydroxyl groups is 1. The van der Waals surface area contributed by atoms with Crippen LogP contribution in [0.25, 0.3) is 0 Å². The monoisotopic (exact) mass is 271 g/mol. The molecule has 0 fully saturated rings. The zero-order valence-electron chi connectivity index (χ0n) is 11.7. The van der Waals surface area contributed by atoms with E-state index >= 15 is 0 Å². The summed E-state index contributed by atoms with van der Waals surface area (Å²) in [6, 6.07) is 16.6. The van der Waals surface area contributed by atoms with Crippen molar-refractivity contribution in [2.75, 3.05) is 0 Å². The van der Waals surface area contributed by atoms with Crippen molar-refractivity contribution in [1.82, 2.24) is 0 Å². The van der Waals surface area contributed by atoms with Gasteiger partial charge in [0.15, 0.2) is 0 Å². The number of nitrogens with two attached hydrogens (primary N) is 1. The van der Waals surface area contributed by atoms with Gasteiger partial charge >= 0.3 is 0 Å². The van der Waals surface area contributed by atoms with Gasteiger partial charge in [-0.15, -0.1) is 0 Å². The normalized spacial score (nSPS) is 15.6. The Morgan fingerprint density at radius 2 is 1.65 bits per heavy atom. The van der Waals surface area contributed by atoms with Crippen molar-refractivity contribution >= 4 is 0 Å². The molecule has 0 saturated heterocycles. The number of phenolic OH excluding ortho intramolecular Hbond substituents is 1. The van der Waals surface area contributed by atoms with Gasteiger partial charge in [-0.25, -0.2) is 0 Å². The van der Waals surface area contributed by atoms with E-state index in [-0.39, 0.29) is 11.7 Å². The van der Waals surface area contributed by atoms with E-state index in [0.29, 0.717) is 12.0 Å². The number of phenols is 1. The Bertz CT molecular complexity index is 535. The number of hydrogen-bond donors (Lipinski definition) is 3. The average molecular weight is 271 g/mol. The van der Waals surface area contributed by atoms with E-state index in [4.69, 9.17) is 5.73 Å². The molecule has 0 aromatic heterocycles. The molecule has 2 aromatic rings. The summed E-state index contributed by atoms with van der Waals surface area (Å²) in [6.45, 7) is 2.07. The lowest BCUT2D eigenvalue weighted by molar-refractivity contribution is 0.0195. The number of hydrogen-bond acceptors (Lipinski definition) is 3. The Balaban J connectivity index is 2.02. The maximum absolute atomic E-state index is 10.4. The van der Waals surface area contributed by atoms with Crippen LogP contribution in [-0.2, 0) is 12.1 Å². The maximum atomic E-state index is 10.4. The van der Waals surface area contributed by atoms with Crippen molar-refractivity contribution in [1.29, 1.82) is 0 Å². The van der Waals surface area contributed by atoms with Gasteiger partial charge in [-0.05, 0) is 42.0 Å². The van der Waals surface area contributed by atoms with Gasteiger partial charge in [0.25, 0.3) is 0 Å². The van der Waals surface area contributed by atoms with Crippen LogP contribution in [0.15, 0.2) is 54.6 Å². The van der Waals surface area contributed by atoms with Crippen LogP contribution < -0.4 is 5.73 Å². The highest BCUT2D eigenvalue weighted by molar-refractivity contribution is 5.29. The van der Waals surface area contributed by atoms with Crippen molar-refractivity contribution in [2.24, 2.45) is 11.7 Å². The minimum Gasteiger partial charge on any atom is -0.508 e. The molecule has 0 amide bonds. The van der Waals surface area contributed by atoms with Gasteiger partial charge in [0, 0.05) is 0 Å². The highest BCUT2D eigenvalue weighted by atomic mass is 16.3. The van der Waals surface area contributed by atoms with Gasteiger partial charge in [-0.1, -0.05) is 49.4 Å². The molecule has 2 aromatic carbocycles. The first-order valence-corrected chi connectivity index (χ1v) is 6.82. The molecular weight excluding hydrogens is 250 g/mol. The second kappa shape index (κ2) is 6.07. The summed E-state index contributed by atoms with van der Waals surface area (Å²) in [6.07, 6.45) is 1.34. The lowest BCUT2D eigenvalue weighted by Gasteiger charge is -2.27. The smallest absolute Gasteiger partial charge is 0.139 e. The summed E-state index contributed by atoms with van der Waals surface area (Å²) < 4.78 is 0. The van der Waals surface area contributed by atoms with Crippen molar-refractivity contribution in [3.05, 3.63) is 65.7 Å². The molecule has 0 spiro atoms. The van der Waals surface area contributed by atoms with E-state index in [1.165, 1.54) is 17.7 Å². The van der Waals surface area contributed by atoms with Crippen LogP contribution in [-0.4, -0.2) is 10.2 Å². The fraction of sp³-hybridized carbons (Fsp3) is 0.294. The molecule has 0 radical (unpaired) electrons. The number of aromatic hydroxyl groups is 1. The first kappa shape index (κ1) is 14.6. The number of benzene rings is 2. The highest BCUT2D eigenvalue weighted by Crippen LogP contribution is 2.26. The molecule has 20 heavy (non-hydrogen) atoms. The molecule has 0 aliphatic carbocycles. The maximum Gasteiger partial charge on any atom is 0.139 e. The molecule has 0 unspecified atom stereocenters. The zero-order valence-corrected chi connectivity index (χ0v) is 11.7. The van der Waals surface area contributed by atoms with Crippen LogP contribution in [0.1, 0.15) is 24.5 Å². The molecule has 2 atom stereocenters. The molecule has 0 aliphatic rings. The van der Waals surface area contributed by atoms with Crippen molar-refractivity contribution in [3.63, 3.8) is 0 Å². The van der Waals surface area contributed by atoms with Crippen LogP contribution in [0.3, 0.4) is 0 Å². The molecule has 2 rings (SSSR count). The van der Waals surface area contributed by atoms with Gasteiger partial charge in [0.1, 0.15) is 11.5 Å². The third-order valence-corrected chi connectivity index (χ3v) is 3.45. The Labute approximate surface area is 119 Å². The molecule has 0 saturated carbocycles. The minimum atomic E-state index is -1.37. The topological polar surface area (TPSA) is 66.5 Å². The van der Waals surface area contributed by atoms with Gasteiger partial charge in [-0.2, -0.15) is 0 Å². The van der Waals surface area contributed by atoms with E-state index < -0.39 is 5.72 Å². The Kier molecular flexibility index (Phi) is 4.42. The number of rotatable bonds is 5. The van der Waals surface area contributed by atoms with E-state index in [2.05, 4.69) is 19.1 Å². The van der Waals surface area contributed by atoms with Gasteiger partial charge in [0.2, 0.25) is 0 Å². The van der Waals surface area contributed by atoms with Crippen molar-refractivity contribution in [2.45, 2.75) is 25.5 Å². The van der Waals surface area contributed by atoms with E-state index in [1.54, 1.807) is 12.1 Å². The molecule has 3 heteroatoms. The van der Waals surface area contributed by atoms with Crippen LogP contribution in [0.5, 0.6) is 5.75 Å². The van der Waals surface area contributed by atoms with Gasteiger partial charge in [0.05, 0.1) is 0 Å². The van der Waals surface area contributed by atoms with E-state index in [1.807, 2.05) is 18.2 Å². The summed E-state index contributed by atoms with van der Waals surface area (Å²) in [7, 11) is 0. The first-order valence-electron chi connectivity index (χ1n) is 6.82. The van der Waals surface area contributed by atoms with E-state index in [0.717, 1.165) is 6.42 Å². The second-order valence-corrected chi connectivity index (χ2v) is 5.47. The third-order valence-electron chi connectivity index (χ3n) is 3.45. The minimum absolute atomic E-state index is 0.168. The summed E-state index contributed by atoms with van der Waals surface area (Å²) in [5.41, 5.74) is 6.50. The Hall–Kier alpha value is -1.84. The van der Waals surface area contributed by atoms with E-state index in [9.17, 15) is 10.2 Å². The SMILES string of the molecule is C[C@H](Cc1ccccc1)C[C@@](N)(O)c1ccc(O)cc1. The van der Waals surface area contributed by atoms with Crippen molar-refractivity contribution in [3.8, 4) is 5.75 Å². The van der Waals surface area contributed by atoms with Crippen LogP contribution >= 0.6 is 0 Å². The van der Waals surface area contributed by atoms with Crippen LogP contribution in [0.4, 0.5) is 0 Å².